The van der Waals surface area contributed by atoms with Crippen molar-refractivity contribution in [3.8, 4) is 5.69 Å². The number of aliphatic hydroxyl groups is 1. The molecule has 1 aliphatic heterocycles. The van der Waals surface area contributed by atoms with Gasteiger partial charge in [0.2, 0.25) is 5.91 Å². The van der Waals surface area contributed by atoms with E-state index in [-0.39, 0.29) is 11.6 Å². The van der Waals surface area contributed by atoms with Crippen LogP contribution in [-0.2, 0) is 4.79 Å². The van der Waals surface area contributed by atoms with E-state index in [1.165, 1.54) is 29.5 Å². The fraction of sp³-hybridized carbons (Fsp3) is 0.308. The van der Waals surface area contributed by atoms with Gasteiger partial charge in [-0.15, -0.1) is 0 Å². The van der Waals surface area contributed by atoms with Crippen LogP contribution in [-0.4, -0.2) is 44.5 Å². The second-order valence-corrected chi connectivity index (χ2v) is 4.85. The van der Waals surface area contributed by atoms with Gasteiger partial charge < -0.3 is 15.7 Å². The zero-order valence-corrected chi connectivity index (χ0v) is 11.0. The number of carbonyl (C=O) groups is 1. The highest BCUT2D eigenvalue weighted by Crippen LogP contribution is 2.18. The van der Waals surface area contributed by atoms with Gasteiger partial charge in [-0.1, -0.05) is 0 Å². The summed E-state index contributed by atoms with van der Waals surface area (Å²) < 4.78 is 15.3. The van der Waals surface area contributed by atoms with Crippen molar-refractivity contribution in [2.75, 3.05) is 11.9 Å². The molecule has 1 aromatic heterocycles. The largest absolute Gasteiger partial charge is 0.392 e. The molecule has 2 aromatic rings. The summed E-state index contributed by atoms with van der Waals surface area (Å²) in [5, 5.41) is 18.7. The Morgan fingerprint density at radius 3 is 3.00 bits per heavy atom. The molecular weight excluding hydrogens is 277 g/mol. The minimum Gasteiger partial charge on any atom is -0.392 e. The van der Waals surface area contributed by atoms with Gasteiger partial charge in [0.1, 0.15) is 18.3 Å². The predicted octanol–water partition coefficient (Wildman–Crippen LogP) is 0.0677. The predicted molar refractivity (Wildman–Crippen MR) is 72.4 cm³/mol. The number of hydrogen-bond acceptors (Lipinski definition) is 5. The Morgan fingerprint density at radius 1 is 1.52 bits per heavy atom. The topological polar surface area (TPSA) is 92.1 Å². The lowest BCUT2D eigenvalue weighted by molar-refractivity contribution is -0.117. The first-order valence-corrected chi connectivity index (χ1v) is 6.50. The number of β-amino-alcohol motifs (C(OH)–C–C–N with tert-alkyl or cyclic N) is 1. The van der Waals surface area contributed by atoms with Crippen LogP contribution in [0.3, 0.4) is 0 Å². The van der Waals surface area contributed by atoms with E-state index in [4.69, 9.17) is 0 Å². The number of hydrogen-bond donors (Lipinski definition) is 3. The van der Waals surface area contributed by atoms with Crippen molar-refractivity contribution in [3.05, 3.63) is 36.7 Å². The number of nitrogens with zero attached hydrogens (tertiary/aromatic N) is 3. The molecule has 110 valence electrons. The van der Waals surface area contributed by atoms with E-state index in [1.54, 1.807) is 6.07 Å². The minimum atomic E-state index is -0.521. The molecule has 1 aromatic carbocycles. The van der Waals surface area contributed by atoms with Crippen molar-refractivity contribution in [1.82, 2.24) is 20.1 Å². The van der Waals surface area contributed by atoms with E-state index in [2.05, 4.69) is 20.7 Å². The third-order valence-corrected chi connectivity index (χ3v) is 3.30. The number of aliphatic hydroxyl groups excluding tert-OH is 1. The molecule has 8 heteroatoms. The Balaban J connectivity index is 1.72. The van der Waals surface area contributed by atoms with Crippen LogP contribution in [0.2, 0.25) is 0 Å². The average molecular weight is 291 g/mol. The van der Waals surface area contributed by atoms with Gasteiger partial charge >= 0.3 is 0 Å². The van der Waals surface area contributed by atoms with Gasteiger partial charge in [-0.2, -0.15) is 5.10 Å². The normalized spacial score (nSPS) is 21.4. The van der Waals surface area contributed by atoms with Crippen LogP contribution < -0.4 is 10.6 Å². The molecule has 0 aliphatic carbocycles. The molecule has 3 rings (SSSR count). The molecule has 0 spiro atoms. The number of benzene rings is 1. The quantitative estimate of drug-likeness (QED) is 0.744. The van der Waals surface area contributed by atoms with Crippen molar-refractivity contribution in [2.45, 2.75) is 18.6 Å². The minimum absolute atomic E-state index is 0.250. The maximum Gasteiger partial charge on any atom is 0.241 e. The smallest absolute Gasteiger partial charge is 0.241 e. The highest BCUT2D eigenvalue weighted by atomic mass is 19.1. The summed E-state index contributed by atoms with van der Waals surface area (Å²) in [5.41, 5.74) is 0.601. The molecule has 0 radical (unpaired) electrons. The first kappa shape index (κ1) is 13.7. The summed E-state index contributed by atoms with van der Waals surface area (Å²) in [6.45, 7) is 0.387. The highest BCUT2D eigenvalue weighted by Gasteiger charge is 2.28. The lowest BCUT2D eigenvalue weighted by Gasteiger charge is -2.12. The summed E-state index contributed by atoms with van der Waals surface area (Å²) >= 11 is 0. The summed E-state index contributed by atoms with van der Waals surface area (Å²) in [6, 6.07) is 3.86. The second-order valence-electron chi connectivity index (χ2n) is 4.85. The molecule has 1 aliphatic rings. The summed E-state index contributed by atoms with van der Waals surface area (Å²) in [4.78, 5) is 15.7. The number of carbonyl (C=O) groups excluding carboxylic acids is 1. The van der Waals surface area contributed by atoms with Gasteiger partial charge in [0, 0.05) is 12.2 Å². The van der Waals surface area contributed by atoms with Crippen LogP contribution in [0, 0.1) is 5.82 Å². The molecule has 2 unspecified atom stereocenters. The molecular formula is C13H14FN5O2. The fourth-order valence-electron chi connectivity index (χ4n) is 2.25. The van der Waals surface area contributed by atoms with E-state index in [0.717, 1.165) is 0 Å². The highest BCUT2D eigenvalue weighted by molar-refractivity contribution is 5.95. The number of rotatable bonds is 3. The Hall–Kier alpha value is -2.32. The van der Waals surface area contributed by atoms with Crippen LogP contribution in [0.4, 0.5) is 10.1 Å². The van der Waals surface area contributed by atoms with Crippen LogP contribution in [0.25, 0.3) is 5.69 Å². The van der Waals surface area contributed by atoms with Crippen molar-refractivity contribution in [2.24, 2.45) is 0 Å². The van der Waals surface area contributed by atoms with E-state index >= 15 is 0 Å². The van der Waals surface area contributed by atoms with Crippen molar-refractivity contribution in [1.29, 1.82) is 0 Å². The first-order chi connectivity index (χ1) is 10.1. The Morgan fingerprint density at radius 2 is 2.38 bits per heavy atom. The van der Waals surface area contributed by atoms with Gasteiger partial charge in [0.05, 0.1) is 12.1 Å². The van der Waals surface area contributed by atoms with Gasteiger partial charge in [0.15, 0.2) is 5.82 Å². The van der Waals surface area contributed by atoms with Gasteiger partial charge in [-0.05, 0) is 24.6 Å². The van der Waals surface area contributed by atoms with Crippen LogP contribution in [0.15, 0.2) is 30.9 Å². The summed E-state index contributed by atoms with van der Waals surface area (Å²) in [5.74, 6) is -0.808. The van der Waals surface area contributed by atoms with Crippen molar-refractivity contribution >= 4 is 11.6 Å². The van der Waals surface area contributed by atoms with E-state index in [0.29, 0.717) is 18.7 Å². The molecule has 0 bridgehead atoms. The molecule has 7 nitrogen and oxygen atoms in total. The van der Waals surface area contributed by atoms with Crippen molar-refractivity contribution in [3.63, 3.8) is 0 Å². The Kier molecular flexibility index (Phi) is 3.63. The third-order valence-electron chi connectivity index (χ3n) is 3.30. The number of halogens is 1. The van der Waals surface area contributed by atoms with Crippen molar-refractivity contribution < 1.29 is 14.3 Å². The Labute approximate surface area is 119 Å². The molecule has 1 amide bonds. The Bertz CT molecular complexity index is 646. The maximum absolute atomic E-state index is 14.0. The average Bonchev–Trinajstić information content (AvgIpc) is 3.10. The molecule has 1 fully saturated rings. The molecule has 21 heavy (non-hydrogen) atoms. The SMILES string of the molecule is O=C(Nc1ccc(-n2cncn2)c(F)c1)C1CC(O)CN1. The maximum atomic E-state index is 14.0. The van der Waals surface area contributed by atoms with E-state index < -0.39 is 18.0 Å². The number of anilines is 1. The second kappa shape index (κ2) is 5.58. The third kappa shape index (κ3) is 2.91. The van der Waals surface area contributed by atoms with Crippen LogP contribution >= 0.6 is 0 Å². The molecule has 1 saturated heterocycles. The van der Waals surface area contributed by atoms with Gasteiger partial charge in [-0.25, -0.2) is 14.1 Å². The van der Waals surface area contributed by atoms with Crippen LogP contribution in [0.1, 0.15) is 6.42 Å². The molecule has 0 saturated carbocycles. The molecule has 2 heterocycles. The monoisotopic (exact) mass is 291 g/mol. The zero-order chi connectivity index (χ0) is 14.8. The number of nitrogens with one attached hydrogen (secondary N) is 2. The summed E-state index contributed by atoms with van der Waals surface area (Å²) in [6.07, 6.45) is 2.53. The number of aromatic nitrogens is 3. The fourth-order valence-corrected chi connectivity index (χ4v) is 2.25. The summed E-state index contributed by atoms with van der Waals surface area (Å²) in [7, 11) is 0. The van der Waals surface area contributed by atoms with Gasteiger partial charge in [0.25, 0.3) is 0 Å². The molecule has 3 N–H and O–H groups in total. The van der Waals surface area contributed by atoms with E-state index in [9.17, 15) is 14.3 Å². The lowest BCUT2D eigenvalue weighted by Crippen LogP contribution is -2.35. The lowest BCUT2D eigenvalue weighted by atomic mass is 10.2. The molecule has 2 atom stereocenters. The first-order valence-electron chi connectivity index (χ1n) is 6.50. The zero-order valence-electron chi connectivity index (χ0n) is 11.0. The van der Waals surface area contributed by atoms with Gasteiger partial charge in [-0.3, -0.25) is 4.79 Å². The standard InChI is InChI=1S/C13H14FN5O2/c14-10-3-8(1-2-12(10)19-7-15-6-17-19)18-13(21)11-4-9(20)5-16-11/h1-3,6-7,9,11,16,20H,4-5H2,(H,18,21). The van der Waals surface area contributed by atoms with Crippen LogP contribution in [0.5, 0.6) is 0 Å². The van der Waals surface area contributed by atoms with E-state index in [1.807, 2.05) is 0 Å². The number of amides is 1.